The molecular formula is C37H23NS. The minimum Gasteiger partial charge on any atom is -0.309 e. The van der Waals surface area contributed by atoms with Gasteiger partial charge in [0.1, 0.15) is 0 Å². The highest BCUT2D eigenvalue weighted by Crippen LogP contribution is 2.51. The van der Waals surface area contributed by atoms with Crippen LogP contribution in [0.2, 0.25) is 0 Å². The van der Waals surface area contributed by atoms with Crippen molar-refractivity contribution in [3.63, 3.8) is 0 Å². The smallest absolute Gasteiger partial charge is 0.0541 e. The molecule has 0 amide bonds. The lowest BCUT2D eigenvalue weighted by Crippen LogP contribution is -1.99. The number of thiophene rings is 1. The van der Waals surface area contributed by atoms with Crippen LogP contribution in [0.15, 0.2) is 133 Å². The molecule has 0 fully saturated rings. The van der Waals surface area contributed by atoms with Crippen LogP contribution in [-0.4, -0.2) is 4.57 Å². The van der Waals surface area contributed by atoms with Crippen molar-refractivity contribution < 1.29 is 0 Å². The van der Waals surface area contributed by atoms with Crippen LogP contribution in [0.4, 0.5) is 0 Å². The van der Waals surface area contributed by atoms with Crippen molar-refractivity contribution >= 4 is 53.3 Å². The molecule has 1 aliphatic rings. The Labute approximate surface area is 230 Å². The summed E-state index contributed by atoms with van der Waals surface area (Å²) >= 11 is 1.93. The van der Waals surface area contributed by atoms with Gasteiger partial charge in [0, 0.05) is 42.6 Å². The first-order valence-electron chi connectivity index (χ1n) is 13.5. The number of hydrogen-bond acceptors (Lipinski definition) is 1. The number of fused-ring (bicyclic) bond motifs is 9. The Kier molecular flexibility index (Phi) is 4.33. The normalized spacial score (nSPS) is 13.0. The summed E-state index contributed by atoms with van der Waals surface area (Å²) in [6.45, 7) is 0. The van der Waals surface area contributed by atoms with E-state index < -0.39 is 0 Å². The van der Waals surface area contributed by atoms with Crippen LogP contribution in [0.3, 0.4) is 0 Å². The van der Waals surface area contributed by atoms with Crippen LogP contribution < -0.4 is 0 Å². The molecule has 2 heterocycles. The van der Waals surface area contributed by atoms with Crippen molar-refractivity contribution in [2.75, 3.05) is 0 Å². The van der Waals surface area contributed by atoms with Crippen LogP contribution in [0.5, 0.6) is 0 Å². The Morgan fingerprint density at radius 2 is 1.03 bits per heavy atom. The molecule has 0 bridgehead atoms. The van der Waals surface area contributed by atoms with E-state index in [1.54, 1.807) is 0 Å². The van der Waals surface area contributed by atoms with E-state index in [0.717, 1.165) is 0 Å². The second kappa shape index (κ2) is 7.92. The topological polar surface area (TPSA) is 4.93 Å². The van der Waals surface area contributed by atoms with Crippen molar-refractivity contribution in [2.24, 2.45) is 0 Å². The van der Waals surface area contributed by atoms with Gasteiger partial charge in [-0.15, -0.1) is 11.3 Å². The summed E-state index contributed by atoms with van der Waals surface area (Å²) in [7, 11) is 0. The fourth-order valence-corrected chi connectivity index (χ4v) is 8.09. The van der Waals surface area contributed by atoms with Crippen LogP contribution in [0.25, 0.3) is 58.8 Å². The number of rotatable bonds is 2. The van der Waals surface area contributed by atoms with Gasteiger partial charge in [-0.3, -0.25) is 0 Å². The van der Waals surface area contributed by atoms with Crippen LogP contribution >= 0.6 is 11.3 Å². The molecule has 6 aromatic carbocycles. The molecule has 0 spiro atoms. The van der Waals surface area contributed by atoms with Gasteiger partial charge in [0.25, 0.3) is 0 Å². The third-order valence-corrected chi connectivity index (χ3v) is 9.73. The van der Waals surface area contributed by atoms with E-state index in [9.17, 15) is 0 Å². The lowest BCUT2D eigenvalue weighted by Gasteiger charge is -2.15. The molecule has 39 heavy (non-hydrogen) atoms. The Morgan fingerprint density at radius 3 is 1.72 bits per heavy atom. The number of nitrogens with zero attached hydrogens (tertiary/aromatic N) is 1. The van der Waals surface area contributed by atoms with E-state index in [4.69, 9.17) is 0 Å². The molecule has 9 rings (SSSR count). The average Bonchev–Trinajstić information content (AvgIpc) is 3.65. The number of para-hydroxylation sites is 2. The number of hydrogen-bond donors (Lipinski definition) is 0. The van der Waals surface area contributed by atoms with Crippen molar-refractivity contribution in [2.45, 2.75) is 5.92 Å². The first-order chi connectivity index (χ1) is 19.4. The van der Waals surface area contributed by atoms with E-state index in [2.05, 4.69) is 138 Å². The summed E-state index contributed by atoms with van der Waals surface area (Å²) in [5.41, 5.74) is 10.7. The van der Waals surface area contributed by atoms with Gasteiger partial charge >= 0.3 is 0 Å². The Hall–Kier alpha value is -4.66. The van der Waals surface area contributed by atoms with E-state index >= 15 is 0 Å². The summed E-state index contributed by atoms with van der Waals surface area (Å²) in [4.78, 5) is 0. The molecule has 0 atom stereocenters. The maximum atomic E-state index is 2.42. The molecule has 0 saturated heterocycles. The molecule has 2 aromatic heterocycles. The predicted octanol–water partition coefficient (Wildman–Crippen LogP) is 10.3. The summed E-state index contributed by atoms with van der Waals surface area (Å²) in [5.74, 6) is 0.256. The summed E-state index contributed by atoms with van der Waals surface area (Å²) in [6.07, 6.45) is 0. The van der Waals surface area contributed by atoms with Crippen molar-refractivity contribution in [3.05, 3.63) is 150 Å². The molecule has 8 aromatic rings. The third kappa shape index (κ3) is 2.90. The van der Waals surface area contributed by atoms with E-state index in [0.29, 0.717) is 0 Å². The fourth-order valence-electron chi connectivity index (χ4n) is 6.87. The van der Waals surface area contributed by atoms with Crippen LogP contribution in [0, 0.1) is 0 Å². The van der Waals surface area contributed by atoms with Gasteiger partial charge in [-0.2, -0.15) is 0 Å². The van der Waals surface area contributed by atoms with E-state index in [1.165, 1.54) is 75.5 Å². The van der Waals surface area contributed by atoms with Crippen LogP contribution in [-0.2, 0) is 0 Å². The molecule has 182 valence electrons. The monoisotopic (exact) mass is 513 g/mol. The van der Waals surface area contributed by atoms with E-state index in [-0.39, 0.29) is 5.92 Å². The second-order valence-corrected chi connectivity index (χ2v) is 11.5. The molecule has 0 unspecified atom stereocenters. The Balaban J connectivity index is 1.30. The average molecular weight is 514 g/mol. The molecule has 0 N–H and O–H groups in total. The van der Waals surface area contributed by atoms with Gasteiger partial charge in [-0.05, 0) is 58.1 Å². The SMILES string of the molecule is c1ccc2c(c1)-c1ccccc1C2c1cccc2c1sc1ccc(-n3c4ccccc4c4ccccc43)cc12. The molecule has 1 nitrogen and oxygen atoms in total. The highest BCUT2D eigenvalue weighted by Gasteiger charge is 2.31. The van der Waals surface area contributed by atoms with Crippen LogP contribution in [0.1, 0.15) is 22.6 Å². The Bertz CT molecular complexity index is 2150. The summed E-state index contributed by atoms with van der Waals surface area (Å²) in [5, 5.41) is 5.27. The lowest BCUT2D eigenvalue weighted by molar-refractivity contribution is 1.03. The Morgan fingerprint density at radius 1 is 0.462 bits per heavy atom. The molecule has 2 heteroatoms. The number of benzene rings is 6. The molecule has 0 aliphatic heterocycles. The summed E-state index contributed by atoms with van der Waals surface area (Å²) < 4.78 is 5.14. The lowest BCUT2D eigenvalue weighted by atomic mass is 9.88. The zero-order valence-corrected chi connectivity index (χ0v) is 22.0. The van der Waals surface area contributed by atoms with Gasteiger partial charge in [-0.1, -0.05) is 103 Å². The minimum absolute atomic E-state index is 0.256. The standard InChI is InChI=1S/C37H23NS/c1-3-14-28-24(10-1)25-11-2-4-15-29(25)36(28)31-17-9-16-30-32-22-23(20-21-35(32)39-37(30)31)38-33-18-7-5-12-26(33)27-13-6-8-19-34(27)38/h1-22,36H. The maximum absolute atomic E-state index is 2.42. The zero-order chi connectivity index (χ0) is 25.5. The van der Waals surface area contributed by atoms with Gasteiger partial charge in [-0.25, -0.2) is 0 Å². The van der Waals surface area contributed by atoms with Gasteiger partial charge < -0.3 is 4.57 Å². The third-order valence-electron chi connectivity index (χ3n) is 8.49. The first-order valence-corrected chi connectivity index (χ1v) is 14.3. The molecule has 0 radical (unpaired) electrons. The van der Waals surface area contributed by atoms with Gasteiger partial charge in [0.05, 0.1) is 11.0 Å². The minimum atomic E-state index is 0.256. The largest absolute Gasteiger partial charge is 0.309 e. The highest BCUT2D eigenvalue weighted by molar-refractivity contribution is 7.26. The number of aromatic nitrogens is 1. The van der Waals surface area contributed by atoms with Gasteiger partial charge in [0.2, 0.25) is 0 Å². The second-order valence-electron chi connectivity index (χ2n) is 10.5. The molecule has 1 aliphatic carbocycles. The predicted molar refractivity (Wildman–Crippen MR) is 166 cm³/mol. The quantitative estimate of drug-likeness (QED) is 0.217. The van der Waals surface area contributed by atoms with E-state index in [1.807, 2.05) is 11.3 Å². The maximum Gasteiger partial charge on any atom is 0.0541 e. The zero-order valence-electron chi connectivity index (χ0n) is 21.1. The van der Waals surface area contributed by atoms with Gasteiger partial charge in [0.15, 0.2) is 0 Å². The highest BCUT2D eigenvalue weighted by atomic mass is 32.1. The van der Waals surface area contributed by atoms with Crippen molar-refractivity contribution in [1.29, 1.82) is 0 Å². The molecule has 0 saturated carbocycles. The summed E-state index contributed by atoms with van der Waals surface area (Å²) in [6, 6.07) is 49.2. The molecular weight excluding hydrogens is 490 g/mol. The van der Waals surface area contributed by atoms with Crippen molar-refractivity contribution in [1.82, 2.24) is 4.57 Å². The fraction of sp³-hybridized carbons (Fsp3) is 0.0270. The van der Waals surface area contributed by atoms with Crippen molar-refractivity contribution in [3.8, 4) is 16.8 Å². The first kappa shape index (κ1) is 21.3.